The van der Waals surface area contributed by atoms with Crippen molar-refractivity contribution in [3.05, 3.63) is 71.8 Å². The van der Waals surface area contributed by atoms with Crippen molar-refractivity contribution in [1.29, 1.82) is 0 Å². The van der Waals surface area contributed by atoms with Crippen LogP contribution >= 0.6 is 0 Å². The van der Waals surface area contributed by atoms with Crippen LogP contribution in [0, 0.1) is 0 Å². The van der Waals surface area contributed by atoms with Crippen molar-refractivity contribution in [2.45, 2.75) is 25.8 Å². The quantitative estimate of drug-likeness (QED) is 0.663. The summed E-state index contributed by atoms with van der Waals surface area (Å²) in [6, 6.07) is 14.6. The average molecular weight is 396 g/mol. The lowest BCUT2D eigenvalue weighted by atomic mass is 10.1. The van der Waals surface area contributed by atoms with Crippen molar-refractivity contribution in [1.82, 2.24) is 15.5 Å². The first-order chi connectivity index (χ1) is 13.9. The van der Waals surface area contributed by atoms with Crippen LogP contribution < -0.4 is 16.4 Å². The molecule has 0 saturated heterocycles. The summed E-state index contributed by atoms with van der Waals surface area (Å²) in [6.45, 7) is 1.85. The third-order valence-corrected chi connectivity index (χ3v) is 4.08. The molecular formula is C21H24N4O4. The van der Waals surface area contributed by atoms with Gasteiger partial charge in [0.2, 0.25) is 11.8 Å². The number of rotatable bonds is 7. The third-order valence-electron chi connectivity index (χ3n) is 4.08. The van der Waals surface area contributed by atoms with E-state index in [1.165, 1.54) is 0 Å². The van der Waals surface area contributed by atoms with E-state index in [0.29, 0.717) is 12.0 Å². The van der Waals surface area contributed by atoms with Crippen LogP contribution in [0.5, 0.6) is 0 Å². The molecular weight excluding hydrogens is 372 g/mol. The molecule has 0 heterocycles. The molecule has 2 aromatic carbocycles. The highest BCUT2D eigenvalue weighted by molar-refractivity contribution is 6.02. The SMILES string of the molecule is CCCN(C(=O)NC(=O)Cc1ccccc1)C(=O)NC(C(N)=O)c1ccccc1. The number of nitrogens with zero attached hydrogens (tertiary/aromatic N) is 1. The van der Waals surface area contributed by atoms with Crippen LogP contribution in [-0.2, 0) is 16.0 Å². The summed E-state index contributed by atoms with van der Waals surface area (Å²) in [5.41, 5.74) is 6.64. The number of carbonyl (C=O) groups is 4. The maximum absolute atomic E-state index is 12.6. The summed E-state index contributed by atoms with van der Waals surface area (Å²) in [4.78, 5) is 49.9. The van der Waals surface area contributed by atoms with Gasteiger partial charge in [0.1, 0.15) is 6.04 Å². The molecule has 6 amide bonds. The van der Waals surface area contributed by atoms with Gasteiger partial charge in [-0.25, -0.2) is 14.5 Å². The molecule has 0 aliphatic carbocycles. The topological polar surface area (TPSA) is 122 Å². The molecule has 0 radical (unpaired) electrons. The molecule has 0 aliphatic rings. The van der Waals surface area contributed by atoms with E-state index in [1.54, 1.807) is 61.5 Å². The molecule has 1 atom stereocenters. The highest BCUT2D eigenvalue weighted by Gasteiger charge is 2.27. The first-order valence-electron chi connectivity index (χ1n) is 9.22. The molecule has 0 aromatic heterocycles. The number of amides is 6. The fourth-order valence-corrected chi connectivity index (χ4v) is 2.70. The fourth-order valence-electron chi connectivity index (χ4n) is 2.70. The number of imide groups is 2. The number of hydrogen-bond acceptors (Lipinski definition) is 4. The second-order valence-corrected chi connectivity index (χ2v) is 6.36. The molecule has 0 fully saturated rings. The highest BCUT2D eigenvalue weighted by Crippen LogP contribution is 2.12. The van der Waals surface area contributed by atoms with Gasteiger partial charge in [-0.2, -0.15) is 0 Å². The highest BCUT2D eigenvalue weighted by atomic mass is 16.2. The average Bonchev–Trinajstić information content (AvgIpc) is 2.71. The van der Waals surface area contributed by atoms with Gasteiger partial charge < -0.3 is 11.1 Å². The van der Waals surface area contributed by atoms with E-state index in [-0.39, 0.29) is 13.0 Å². The van der Waals surface area contributed by atoms with E-state index < -0.39 is 29.9 Å². The summed E-state index contributed by atoms with van der Waals surface area (Å²) in [5.74, 6) is -1.30. The van der Waals surface area contributed by atoms with Gasteiger partial charge in [-0.3, -0.25) is 14.9 Å². The van der Waals surface area contributed by atoms with Gasteiger partial charge in [-0.1, -0.05) is 67.6 Å². The van der Waals surface area contributed by atoms with E-state index in [4.69, 9.17) is 5.73 Å². The summed E-state index contributed by atoms with van der Waals surface area (Å²) in [5, 5.41) is 4.67. The molecule has 29 heavy (non-hydrogen) atoms. The minimum atomic E-state index is -1.10. The number of nitrogens with two attached hydrogens (primary N) is 1. The summed E-state index contributed by atoms with van der Waals surface area (Å²) in [6.07, 6.45) is 0.475. The molecule has 2 aromatic rings. The monoisotopic (exact) mass is 396 g/mol. The molecule has 0 aliphatic heterocycles. The van der Waals surface area contributed by atoms with Crippen LogP contribution in [0.25, 0.3) is 0 Å². The minimum Gasteiger partial charge on any atom is -0.368 e. The predicted octanol–water partition coefficient (Wildman–Crippen LogP) is 2.11. The van der Waals surface area contributed by atoms with E-state index in [2.05, 4.69) is 10.6 Å². The minimum absolute atomic E-state index is 0.00207. The number of urea groups is 2. The maximum Gasteiger partial charge on any atom is 0.332 e. The Morgan fingerprint density at radius 2 is 1.52 bits per heavy atom. The summed E-state index contributed by atoms with van der Waals surface area (Å²) in [7, 11) is 0. The lowest BCUT2D eigenvalue weighted by Gasteiger charge is -2.24. The number of primary amides is 1. The Morgan fingerprint density at radius 1 is 0.931 bits per heavy atom. The van der Waals surface area contributed by atoms with Gasteiger partial charge in [0.25, 0.3) is 0 Å². The second kappa shape index (κ2) is 10.6. The predicted molar refractivity (Wildman–Crippen MR) is 108 cm³/mol. The Morgan fingerprint density at radius 3 is 2.07 bits per heavy atom. The van der Waals surface area contributed by atoms with Crippen molar-refractivity contribution in [3.8, 4) is 0 Å². The standard InChI is InChI=1S/C21H24N4O4/c1-2-13-25(20(28)23-17(26)14-15-9-5-3-6-10-15)21(29)24-18(19(22)27)16-11-7-4-8-12-16/h3-12,18H,2,13-14H2,1H3,(H2,22,27)(H,24,29)(H,23,26,28). The molecule has 8 heteroatoms. The van der Waals surface area contributed by atoms with Crippen LogP contribution in [0.4, 0.5) is 9.59 Å². The Labute approximate surface area is 169 Å². The molecule has 4 N–H and O–H groups in total. The lowest BCUT2D eigenvalue weighted by molar-refractivity contribution is -0.120. The van der Waals surface area contributed by atoms with Gasteiger partial charge >= 0.3 is 12.1 Å². The van der Waals surface area contributed by atoms with E-state index in [1.807, 2.05) is 6.07 Å². The zero-order valence-electron chi connectivity index (χ0n) is 16.1. The van der Waals surface area contributed by atoms with Crippen LogP contribution in [-0.4, -0.2) is 35.3 Å². The molecule has 0 bridgehead atoms. The van der Waals surface area contributed by atoms with Gasteiger partial charge in [0.15, 0.2) is 0 Å². The van der Waals surface area contributed by atoms with Crippen LogP contribution in [0.1, 0.15) is 30.5 Å². The largest absolute Gasteiger partial charge is 0.368 e. The van der Waals surface area contributed by atoms with Gasteiger partial charge in [-0.15, -0.1) is 0 Å². The van der Waals surface area contributed by atoms with Gasteiger partial charge in [0.05, 0.1) is 6.42 Å². The number of carbonyl (C=O) groups excluding carboxylic acids is 4. The van der Waals surface area contributed by atoms with E-state index in [9.17, 15) is 19.2 Å². The number of benzene rings is 2. The van der Waals surface area contributed by atoms with Crippen LogP contribution in [0.15, 0.2) is 60.7 Å². The normalized spacial score (nSPS) is 11.2. The van der Waals surface area contributed by atoms with Crippen molar-refractivity contribution >= 4 is 23.9 Å². The fraction of sp³-hybridized carbons (Fsp3) is 0.238. The van der Waals surface area contributed by atoms with Crippen molar-refractivity contribution in [2.24, 2.45) is 5.73 Å². The van der Waals surface area contributed by atoms with Crippen molar-refractivity contribution in [2.75, 3.05) is 6.54 Å². The van der Waals surface area contributed by atoms with E-state index >= 15 is 0 Å². The van der Waals surface area contributed by atoms with E-state index in [0.717, 1.165) is 10.5 Å². The van der Waals surface area contributed by atoms with Gasteiger partial charge in [-0.05, 0) is 17.5 Å². The maximum atomic E-state index is 12.6. The van der Waals surface area contributed by atoms with Crippen LogP contribution in [0.2, 0.25) is 0 Å². The number of nitrogens with one attached hydrogen (secondary N) is 2. The Bertz CT molecular complexity index is 855. The first kappa shape index (κ1) is 21.6. The lowest BCUT2D eigenvalue weighted by Crippen LogP contribution is -2.52. The van der Waals surface area contributed by atoms with Crippen molar-refractivity contribution in [3.63, 3.8) is 0 Å². The first-order valence-corrected chi connectivity index (χ1v) is 9.22. The zero-order valence-corrected chi connectivity index (χ0v) is 16.1. The zero-order chi connectivity index (χ0) is 21.2. The Hall–Kier alpha value is -3.68. The van der Waals surface area contributed by atoms with Gasteiger partial charge in [0, 0.05) is 6.54 Å². The van der Waals surface area contributed by atoms with Crippen LogP contribution in [0.3, 0.4) is 0 Å². The second-order valence-electron chi connectivity index (χ2n) is 6.36. The molecule has 2 rings (SSSR count). The molecule has 1 unspecified atom stereocenters. The number of hydrogen-bond donors (Lipinski definition) is 3. The smallest absolute Gasteiger partial charge is 0.332 e. The molecule has 0 saturated carbocycles. The molecule has 8 nitrogen and oxygen atoms in total. The summed E-state index contributed by atoms with van der Waals surface area (Å²) >= 11 is 0. The molecule has 152 valence electrons. The third kappa shape index (κ3) is 6.46. The Kier molecular flexibility index (Phi) is 7.90. The summed E-state index contributed by atoms with van der Waals surface area (Å²) < 4.78 is 0. The molecule has 0 spiro atoms. The Balaban J connectivity index is 2.06. The van der Waals surface area contributed by atoms with Crippen molar-refractivity contribution < 1.29 is 19.2 Å².